The molecular formula is C15H19NO3. The van der Waals surface area contributed by atoms with Crippen LogP contribution in [0, 0.1) is 0 Å². The molecule has 0 bridgehead atoms. The highest BCUT2D eigenvalue weighted by Gasteiger charge is 2.15. The van der Waals surface area contributed by atoms with Crippen LogP contribution >= 0.6 is 0 Å². The Labute approximate surface area is 112 Å². The van der Waals surface area contributed by atoms with Crippen LogP contribution in [0.1, 0.15) is 35.7 Å². The molecule has 0 spiro atoms. The summed E-state index contributed by atoms with van der Waals surface area (Å²) >= 11 is 0. The number of nitrogens with zero attached hydrogens (tertiary/aromatic N) is 1. The molecule has 102 valence electrons. The molecule has 2 N–H and O–H groups in total. The summed E-state index contributed by atoms with van der Waals surface area (Å²) in [5, 5.41) is 19.1. The van der Waals surface area contributed by atoms with Crippen molar-refractivity contribution in [1.29, 1.82) is 0 Å². The number of hydrogen-bond donors (Lipinski definition) is 2. The molecule has 1 heterocycles. The summed E-state index contributed by atoms with van der Waals surface area (Å²) in [4.78, 5) is 11.3. The number of aliphatic hydroxyl groups is 1. The maximum atomic E-state index is 11.3. The van der Waals surface area contributed by atoms with Gasteiger partial charge in [-0.3, -0.25) is 0 Å². The van der Waals surface area contributed by atoms with Crippen molar-refractivity contribution in [2.75, 3.05) is 6.61 Å². The second-order valence-electron chi connectivity index (χ2n) is 4.68. The fourth-order valence-electron chi connectivity index (χ4n) is 2.50. The summed E-state index contributed by atoms with van der Waals surface area (Å²) in [6, 6.07) is 5.39. The number of carboxylic acids is 1. The number of carbonyl (C=O) groups is 1. The predicted octanol–water partition coefficient (Wildman–Crippen LogP) is 2.67. The van der Waals surface area contributed by atoms with E-state index in [-0.39, 0.29) is 6.61 Å². The van der Waals surface area contributed by atoms with Gasteiger partial charge in [0.1, 0.15) is 0 Å². The molecule has 0 unspecified atom stereocenters. The lowest BCUT2D eigenvalue weighted by atomic mass is 10.0. The third-order valence-corrected chi connectivity index (χ3v) is 3.28. The first-order chi connectivity index (χ1) is 9.19. The number of hydrogen-bond acceptors (Lipinski definition) is 2. The van der Waals surface area contributed by atoms with Gasteiger partial charge < -0.3 is 14.8 Å². The third kappa shape index (κ3) is 2.63. The van der Waals surface area contributed by atoms with Crippen LogP contribution in [0.2, 0.25) is 0 Å². The van der Waals surface area contributed by atoms with Crippen LogP contribution in [0.4, 0.5) is 0 Å². The van der Waals surface area contributed by atoms with Crippen LogP contribution in [-0.4, -0.2) is 27.4 Å². The summed E-state index contributed by atoms with van der Waals surface area (Å²) in [6.07, 6.45) is 4.38. The van der Waals surface area contributed by atoms with Crippen LogP contribution < -0.4 is 0 Å². The minimum absolute atomic E-state index is 0.121. The van der Waals surface area contributed by atoms with E-state index in [0.717, 1.165) is 29.4 Å². The number of aryl methyl sites for hydroxylation is 2. The molecule has 0 atom stereocenters. The molecule has 1 aromatic heterocycles. The largest absolute Gasteiger partial charge is 0.478 e. The molecular weight excluding hydrogens is 242 g/mol. The Bertz CT molecular complexity index is 586. The van der Waals surface area contributed by atoms with Gasteiger partial charge in [0.15, 0.2) is 0 Å². The SMILES string of the molecule is CCCn1cc(CCCO)c2c(C(=O)O)cccc21. The second kappa shape index (κ2) is 5.89. The molecule has 4 heteroatoms. The highest BCUT2D eigenvalue weighted by molar-refractivity contribution is 6.04. The normalized spacial score (nSPS) is 11.1. The average molecular weight is 261 g/mol. The number of fused-ring (bicyclic) bond motifs is 1. The number of aliphatic hydroxyl groups excluding tert-OH is 1. The second-order valence-corrected chi connectivity index (χ2v) is 4.68. The topological polar surface area (TPSA) is 62.5 Å². The Morgan fingerprint density at radius 2 is 2.16 bits per heavy atom. The van der Waals surface area contributed by atoms with Gasteiger partial charge >= 0.3 is 5.97 Å². The van der Waals surface area contributed by atoms with Gasteiger partial charge in [0.05, 0.1) is 5.56 Å². The van der Waals surface area contributed by atoms with E-state index in [9.17, 15) is 9.90 Å². The van der Waals surface area contributed by atoms with Gasteiger partial charge in [0.25, 0.3) is 0 Å². The van der Waals surface area contributed by atoms with Gasteiger partial charge in [-0.25, -0.2) is 4.79 Å². The van der Waals surface area contributed by atoms with E-state index in [1.165, 1.54) is 0 Å². The van der Waals surface area contributed by atoms with E-state index in [0.29, 0.717) is 18.4 Å². The van der Waals surface area contributed by atoms with Crippen molar-refractivity contribution < 1.29 is 15.0 Å². The van der Waals surface area contributed by atoms with Gasteiger partial charge in [0, 0.05) is 30.3 Å². The van der Waals surface area contributed by atoms with Gasteiger partial charge in [-0.05, 0) is 37.0 Å². The molecule has 0 aliphatic carbocycles. The van der Waals surface area contributed by atoms with Gasteiger partial charge in [0.2, 0.25) is 0 Å². The summed E-state index contributed by atoms with van der Waals surface area (Å²) in [6.45, 7) is 3.09. The van der Waals surface area contributed by atoms with Crippen molar-refractivity contribution in [3.05, 3.63) is 35.5 Å². The smallest absolute Gasteiger partial charge is 0.336 e. The van der Waals surface area contributed by atoms with E-state index >= 15 is 0 Å². The first kappa shape index (κ1) is 13.6. The lowest BCUT2D eigenvalue weighted by molar-refractivity contribution is 0.0699. The van der Waals surface area contributed by atoms with Crippen LogP contribution in [0.5, 0.6) is 0 Å². The zero-order valence-electron chi connectivity index (χ0n) is 11.1. The summed E-state index contributed by atoms with van der Waals surface area (Å²) in [5.41, 5.74) is 2.32. The first-order valence-corrected chi connectivity index (χ1v) is 6.64. The Hall–Kier alpha value is -1.81. The Kier molecular flexibility index (Phi) is 4.22. The molecule has 0 fully saturated rings. The van der Waals surface area contributed by atoms with Gasteiger partial charge in [-0.1, -0.05) is 13.0 Å². The zero-order chi connectivity index (χ0) is 13.8. The van der Waals surface area contributed by atoms with Crippen LogP contribution in [-0.2, 0) is 13.0 Å². The molecule has 0 saturated heterocycles. The van der Waals surface area contributed by atoms with E-state index < -0.39 is 5.97 Å². The van der Waals surface area contributed by atoms with Crippen LogP contribution in [0.15, 0.2) is 24.4 Å². The maximum absolute atomic E-state index is 11.3. The lowest BCUT2D eigenvalue weighted by Crippen LogP contribution is -1.99. The molecule has 2 rings (SSSR count). The average Bonchev–Trinajstić information content (AvgIpc) is 2.75. The lowest BCUT2D eigenvalue weighted by Gasteiger charge is -2.03. The minimum Gasteiger partial charge on any atom is -0.478 e. The van der Waals surface area contributed by atoms with Crippen molar-refractivity contribution in [1.82, 2.24) is 4.57 Å². The number of benzene rings is 1. The molecule has 0 amide bonds. The van der Waals surface area contributed by atoms with Crippen molar-refractivity contribution in [3.63, 3.8) is 0 Å². The minimum atomic E-state index is -0.898. The molecule has 0 radical (unpaired) electrons. The van der Waals surface area contributed by atoms with Crippen LogP contribution in [0.3, 0.4) is 0 Å². The monoisotopic (exact) mass is 261 g/mol. The molecule has 1 aromatic carbocycles. The molecule has 19 heavy (non-hydrogen) atoms. The van der Waals surface area contributed by atoms with Gasteiger partial charge in [-0.15, -0.1) is 0 Å². The van der Waals surface area contributed by atoms with Crippen molar-refractivity contribution >= 4 is 16.9 Å². The maximum Gasteiger partial charge on any atom is 0.336 e. The first-order valence-electron chi connectivity index (χ1n) is 6.64. The zero-order valence-corrected chi connectivity index (χ0v) is 11.1. The fourth-order valence-corrected chi connectivity index (χ4v) is 2.50. The molecule has 2 aromatic rings. The Morgan fingerprint density at radius 1 is 1.37 bits per heavy atom. The standard InChI is InChI=1S/C15H19NO3/c1-2-8-16-10-11(5-4-9-17)14-12(15(18)19)6-3-7-13(14)16/h3,6-7,10,17H,2,4-5,8-9H2,1H3,(H,18,19). The summed E-state index contributed by atoms with van der Waals surface area (Å²) in [5.74, 6) is -0.898. The summed E-state index contributed by atoms with van der Waals surface area (Å²) < 4.78 is 2.11. The Morgan fingerprint density at radius 3 is 2.79 bits per heavy atom. The van der Waals surface area contributed by atoms with E-state index in [2.05, 4.69) is 11.5 Å². The highest BCUT2D eigenvalue weighted by atomic mass is 16.4. The molecule has 0 aliphatic rings. The third-order valence-electron chi connectivity index (χ3n) is 3.28. The van der Waals surface area contributed by atoms with Crippen molar-refractivity contribution in [3.8, 4) is 0 Å². The number of aromatic carboxylic acids is 1. The van der Waals surface area contributed by atoms with Crippen molar-refractivity contribution in [2.24, 2.45) is 0 Å². The highest BCUT2D eigenvalue weighted by Crippen LogP contribution is 2.26. The number of aromatic nitrogens is 1. The Balaban J connectivity index is 2.61. The van der Waals surface area contributed by atoms with Crippen molar-refractivity contribution in [2.45, 2.75) is 32.7 Å². The van der Waals surface area contributed by atoms with E-state index in [1.807, 2.05) is 12.3 Å². The van der Waals surface area contributed by atoms with E-state index in [4.69, 9.17) is 5.11 Å². The number of rotatable bonds is 6. The van der Waals surface area contributed by atoms with Gasteiger partial charge in [-0.2, -0.15) is 0 Å². The predicted molar refractivity (Wildman–Crippen MR) is 74.6 cm³/mol. The summed E-state index contributed by atoms with van der Waals surface area (Å²) in [7, 11) is 0. The fraction of sp³-hybridized carbons (Fsp3) is 0.400. The molecule has 4 nitrogen and oxygen atoms in total. The molecule has 0 aliphatic heterocycles. The van der Waals surface area contributed by atoms with Crippen LogP contribution in [0.25, 0.3) is 10.9 Å². The number of carboxylic acid groups (broad SMARTS) is 1. The molecule has 0 saturated carbocycles. The van der Waals surface area contributed by atoms with E-state index in [1.54, 1.807) is 12.1 Å². The quantitative estimate of drug-likeness (QED) is 0.840.